The first-order valence-corrected chi connectivity index (χ1v) is 13.6. The lowest BCUT2D eigenvalue weighted by atomic mass is 10.1. The van der Waals surface area contributed by atoms with Gasteiger partial charge in [0.15, 0.2) is 0 Å². The van der Waals surface area contributed by atoms with Gasteiger partial charge in [0.25, 0.3) is 5.91 Å². The van der Waals surface area contributed by atoms with Crippen molar-refractivity contribution >= 4 is 33.4 Å². The molecule has 0 fully saturated rings. The van der Waals surface area contributed by atoms with E-state index in [4.69, 9.17) is 4.52 Å². The second-order valence-electron chi connectivity index (χ2n) is 8.76. The van der Waals surface area contributed by atoms with Crippen molar-refractivity contribution < 1.29 is 17.7 Å². The molecule has 2 heterocycles. The molecule has 1 aliphatic heterocycles. The lowest BCUT2D eigenvalue weighted by Crippen LogP contribution is -2.32. The number of sulfonamides is 1. The predicted octanol–water partition coefficient (Wildman–Crippen LogP) is 5.15. The van der Waals surface area contributed by atoms with Crippen molar-refractivity contribution in [2.75, 3.05) is 11.9 Å². The van der Waals surface area contributed by atoms with Gasteiger partial charge in [-0.2, -0.15) is 9.71 Å². The number of nitrogens with one attached hydrogen (secondary N) is 1. The molecule has 5 rings (SSSR count). The first kappa shape index (κ1) is 24.2. The van der Waals surface area contributed by atoms with Gasteiger partial charge in [0.05, 0.1) is 16.1 Å². The molecule has 4 aromatic rings. The van der Waals surface area contributed by atoms with Crippen LogP contribution in [0, 0.1) is 5.92 Å². The lowest BCUT2D eigenvalue weighted by Gasteiger charge is -2.18. The van der Waals surface area contributed by atoms with Crippen LogP contribution in [0.3, 0.4) is 0 Å². The molecule has 0 aliphatic carbocycles. The Kier molecular flexibility index (Phi) is 6.42. The highest BCUT2D eigenvalue weighted by Gasteiger charge is 2.29. The third-order valence-electron chi connectivity index (χ3n) is 5.93. The van der Waals surface area contributed by atoms with Crippen molar-refractivity contribution in [2.45, 2.75) is 34.6 Å². The third-order valence-corrected chi connectivity index (χ3v) is 8.51. The largest absolute Gasteiger partial charge is 0.337 e. The molecule has 0 spiro atoms. The van der Waals surface area contributed by atoms with Crippen molar-refractivity contribution in [2.24, 2.45) is 5.92 Å². The van der Waals surface area contributed by atoms with Gasteiger partial charge in [0, 0.05) is 22.4 Å². The number of benzene rings is 3. The third kappa shape index (κ3) is 4.55. The fraction of sp³-hybridized carbons (Fsp3) is 0.192. The zero-order valence-electron chi connectivity index (χ0n) is 19.9. The average molecular weight is 521 g/mol. The van der Waals surface area contributed by atoms with E-state index in [2.05, 4.69) is 14.9 Å². The molecule has 1 aromatic heterocycles. The summed E-state index contributed by atoms with van der Waals surface area (Å²) in [4.78, 5) is 21.0. The average Bonchev–Trinajstić information content (AvgIpc) is 3.33. The van der Waals surface area contributed by atoms with E-state index in [1.807, 2.05) is 56.3 Å². The van der Waals surface area contributed by atoms with E-state index in [1.165, 1.54) is 23.9 Å². The summed E-state index contributed by atoms with van der Waals surface area (Å²) in [6, 6.07) is 20.6. The Morgan fingerprint density at radius 3 is 2.44 bits per heavy atom. The van der Waals surface area contributed by atoms with Gasteiger partial charge in [-0.1, -0.05) is 61.1 Å². The Morgan fingerprint density at radius 2 is 1.69 bits per heavy atom. The molecule has 184 valence electrons. The summed E-state index contributed by atoms with van der Waals surface area (Å²) in [5, 5.41) is 4.13. The van der Waals surface area contributed by atoms with Crippen LogP contribution in [0.25, 0.3) is 11.4 Å². The van der Waals surface area contributed by atoms with Gasteiger partial charge in [-0.25, -0.2) is 8.42 Å². The van der Waals surface area contributed by atoms with Crippen LogP contribution in [0.1, 0.15) is 36.1 Å². The number of anilines is 1. The molecule has 1 N–H and O–H groups in total. The molecule has 10 heteroatoms. The quantitative estimate of drug-likeness (QED) is 0.375. The van der Waals surface area contributed by atoms with Gasteiger partial charge in [0.1, 0.15) is 6.04 Å². The monoisotopic (exact) mass is 520 g/mol. The van der Waals surface area contributed by atoms with E-state index < -0.39 is 16.1 Å². The highest BCUT2D eigenvalue weighted by molar-refractivity contribution is 7.99. The summed E-state index contributed by atoms with van der Waals surface area (Å²) in [5.41, 5.74) is 2.13. The standard InChI is InChI=1S/C26H24N4O4S2/c1-16(2)23(29-36(32,33)18-9-5-4-6-10-18)25-27-24(28-34-25)17-13-14-20-22(15-17)35-21-12-8-7-11-19(21)26(31)30(20)3/h4-16,23,29H,1-3H3. The van der Waals surface area contributed by atoms with Crippen LogP contribution >= 0.6 is 11.8 Å². The lowest BCUT2D eigenvalue weighted by molar-refractivity contribution is 0.0990. The summed E-state index contributed by atoms with van der Waals surface area (Å²) in [7, 11) is -2.03. The van der Waals surface area contributed by atoms with Crippen LogP contribution in [0.5, 0.6) is 0 Å². The number of carbonyl (C=O) groups excluding carboxylic acids is 1. The Morgan fingerprint density at radius 1 is 0.972 bits per heavy atom. The number of rotatable bonds is 6. The van der Waals surface area contributed by atoms with Crippen molar-refractivity contribution in [3.8, 4) is 11.4 Å². The minimum atomic E-state index is -3.78. The fourth-order valence-corrected chi connectivity index (χ4v) is 6.44. The Balaban J connectivity index is 1.47. The molecule has 1 aliphatic rings. The fourth-order valence-electron chi connectivity index (χ4n) is 3.94. The van der Waals surface area contributed by atoms with Gasteiger partial charge in [-0.3, -0.25) is 4.79 Å². The number of nitrogens with zero attached hydrogens (tertiary/aromatic N) is 3. The van der Waals surface area contributed by atoms with Gasteiger partial charge < -0.3 is 9.42 Å². The van der Waals surface area contributed by atoms with Gasteiger partial charge >= 0.3 is 0 Å². The van der Waals surface area contributed by atoms with E-state index >= 15 is 0 Å². The van der Waals surface area contributed by atoms with Crippen LogP contribution in [0.15, 0.2) is 92.0 Å². The predicted molar refractivity (Wildman–Crippen MR) is 137 cm³/mol. The molecule has 0 saturated heterocycles. The van der Waals surface area contributed by atoms with E-state index in [0.717, 1.165) is 15.5 Å². The van der Waals surface area contributed by atoms with Crippen molar-refractivity contribution in [3.05, 3.63) is 84.3 Å². The van der Waals surface area contributed by atoms with Crippen LogP contribution in [0.2, 0.25) is 0 Å². The van der Waals surface area contributed by atoms with Gasteiger partial charge in [0.2, 0.25) is 21.7 Å². The highest BCUT2D eigenvalue weighted by Crippen LogP contribution is 2.42. The molecule has 3 aromatic carbocycles. The Labute approximate surface area is 213 Å². The summed E-state index contributed by atoms with van der Waals surface area (Å²) in [6.07, 6.45) is 0. The summed E-state index contributed by atoms with van der Waals surface area (Å²) in [6.45, 7) is 3.76. The molecular weight excluding hydrogens is 496 g/mol. The van der Waals surface area contributed by atoms with Crippen molar-refractivity contribution in [1.82, 2.24) is 14.9 Å². The molecule has 36 heavy (non-hydrogen) atoms. The smallest absolute Gasteiger partial charge is 0.259 e. The minimum Gasteiger partial charge on any atom is -0.337 e. The van der Waals surface area contributed by atoms with E-state index in [0.29, 0.717) is 17.0 Å². The number of hydrogen-bond acceptors (Lipinski definition) is 7. The maximum atomic E-state index is 12.9. The number of hydrogen-bond donors (Lipinski definition) is 1. The van der Waals surface area contributed by atoms with Crippen molar-refractivity contribution in [1.29, 1.82) is 0 Å². The molecule has 0 bridgehead atoms. The Bertz CT molecular complexity index is 1530. The van der Waals surface area contributed by atoms with Crippen LogP contribution in [-0.4, -0.2) is 31.5 Å². The van der Waals surface area contributed by atoms with E-state index in [-0.39, 0.29) is 22.6 Å². The second-order valence-corrected chi connectivity index (χ2v) is 11.6. The normalized spacial score (nSPS) is 14.3. The second kappa shape index (κ2) is 9.53. The minimum absolute atomic E-state index is 0.0723. The number of fused-ring (bicyclic) bond motifs is 2. The van der Waals surface area contributed by atoms with Crippen LogP contribution < -0.4 is 9.62 Å². The number of amides is 1. The molecule has 1 atom stereocenters. The first-order valence-electron chi connectivity index (χ1n) is 11.3. The van der Waals surface area contributed by atoms with Crippen molar-refractivity contribution in [3.63, 3.8) is 0 Å². The van der Waals surface area contributed by atoms with Crippen LogP contribution in [0.4, 0.5) is 5.69 Å². The molecular formula is C26H24N4O4S2. The van der Waals surface area contributed by atoms with E-state index in [9.17, 15) is 13.2 Å². The molecule has 0 saturated carbocycles. The highest BCUT2D eigenvalue weighted by atomic mass is 32.2. The molecule has 0 radical (unpaired) electrons. The summed E-state index contributed by atoms with van der Waals surface area (Å²) < 4.78 is 34.1. The Hall–Kier alpha value is -3.47. The zero-order valence-corrected chi connectivity index (χ0v) is 21.5. The van der Waals surface area contributed by atoms with Gasteiger partial charge in [-0.05, 0) is 48.4 Å². The van der Waals surface area contributed by atoms with E-state index in [1.54, 1.807) is 30.1 Å². The first-order chi connectivity index (χ1) is 17.2. The maximum absolute atomic E-state index is 12.9. The molecule has 1 amide bonds. The molecule has 8 nitrogen and oxygen atoms in total. The van der Waals surface area contributed by atoms with Gasteiger partial charge in [-0.15, -0.1) is 0 Å². The van der Waals surface area contributed by atoms with Crippen LogP contribution in [-0.2, 0) is 10.0 Å². The SMILES string of the molecule is CC(C)C(NS(=O)(=O)c1ccccc1)c1nc(-c2ccc3c(c2)Sc2ccccc2C(=O)N3C)no1. The summed E-state index contributed by atoms with van der Waals surface area (Å²) in [5.74, 6) is 0.302. The number of aromatic nitrogens is 2. The maximum Gasteiger partial charge on any atom is 0.259 e. The topological polar surface area (TPSA) is 105 Å². The molecule has 1 unspecified atom stereocenters. The summed E-state index contributed by atoms with van der Waals surface area (Å²) >= 11 is 1.50. The zero-order chi connectivity index (χ0) is 25.4. The number of carbonyl (C=O) groups is 1.